The second-order valence-corrected chi connectivity index (χ2v) is 9.80. The lowest BCUT2D eigenvalue weighted by Gasteiger charge is -2.16. The minimum Gasteiger partial charge on any atom is -0.508 e. The van der Waals surface area contributed by atoms with Crippen molar-refractivity contribution in [2.75, 3.05) is 13.1 Å². The zero-order valence-corrected chi connectivity index (χ0v) is 20.3. The number of carbonyl (C=O) groups is 2. The van der Waals surface area contributed by atoms with Crippen molar-refractivity contribution in [3.8, 4) is 27.7 Å². The highest BCUT2D eigenvalue weighted by molar-refractivity contribution is 7.22. The van der Waals surface area contributed by atoms with Crippen LogP contribution < -0.4 is 4.74 Å². The molecular formula is C29H25NO5S. The molecule has 5 rings (SSSR count). The number of hydrogen-bond donors (Lipinski definition) is 2. The maximum absolute atomic E-state index is 13.7. The molecular weight excluding hydrogens is 474 g/mol. The largest absolute Gasteiger partial charge is 0.508 e. The summed E-state index contributed by atoms with van der Waals surface area (Å²) in [6, 6.07) is 18.8. The van der Waals surface area contributed by atoms with Gasteiger partial charge in [-0.15, -0.1) is 17.9 Å². The van der Waals surface area contributed by atoms with E-state index in [2.05, 4.69) is 6.58 Å². The summed E-state index contributed by atoms with van der Waals surface area (Å²) in [6.45, 7) is 4.82. The summed E-state index contributed by atoms with van der Waals surface area (Å²) in [5, 5.41) is 20.4. The highest BCUT2D eigenvalue weighted by atomic mass is 32.1. The fourth-order valence-corrected chi connectivity index (χ4v) is 5.69. The normalized spacial score (nSPS) is 15.2. The number of thiophene rings is 1. The topological polar surface area (TPSA) is 87.1 Å². The fraction of sp³-hybridized carbons (Fsp3) is 0.172. The molecule has 36 heavy (non-hydrogen) atoms. The second kappa shape index (κ2) is 9.87. The van der Waals surface area contributed by atoms with Gasteiger partial charge in [0.1, 0.15) is 23.4 Å². The number of aromatic hydroxyl groups is 2. The van der Waals surface area contributed by atoms with Crippen LogP contribution in [0.15, 0.2) is 79.4 Å². The van der Waals surface area contributed by atoms with E-state index in [4.69, 9.17) is 4.74 Å². The van der Waals surface area contributed by atoms with Gasteiger partial charge >= 0.3 is 0 Å². The van der Waals surface area contributed by atoms with Gasteiger partial charge in [-0.05, 0) is 72.3 Å². The average Bonchev–Trinajstić information content (AvgIpc) is 3.49. The van der Waals surface area contributed by atoms with E-state index in [-0.39, 0.29) is 29.3 Å². The van der Waals surface area contributed by atoms with E-state index in [1.54, 1.807) is 77.7 Å². The Bertz CT molecular complexity index is 1440. The number of ketones is 1. The van der Waals surface area contributed by atoms with Gasteiger partial charge in [-0.1, -0.05) is 6.08 Å². The smallest absolute Gasteiger partial charge is 0.226 e. The summed E-state index contributed by atoms with van der Waals surface area (Å²) in [4.78, 5) is 28.3. The first kappa shape index (κ1) is 23.6. The van der Waals surface area contributed by atoms with Gasteiger partial charge in [0.2, 0.25) is 5.91 Å². The van der Waals surface area contributed by atoms with Crippen molar-refractivity contribution in [1.82, 2.24) is 4.90 Å². The molecule has 0 unspecified atom stereocenters. The number of hydrogen-bond acceptors (Lipinski definition) is 6. The van der Waals surface area contributed by atoms with Crippen molar-refractivity contribution < 1.29 is 24.5 Å². The van der Waals surface area contributed by atoms with Crippen LogP contribution in [-0.2, 0) is 4.79 Å². The van der Waals surface area contributed by atoms with Crippen molar-refractivity contribution in [3.63, 3.8) is 0 Å². The van der Waals surface area contributed by atoms with Gasteiger partial charge in [-0.2, -0.15) is 0 Å². The number of ether oxygens (including phenoxy) is 1. The van der Waals surface area contributed by atoms with Crippen LogP contribution in [0, 0.1) is 0 Å². The summed E-state index contributed by atoms with van der Waals surface area (Å²) in [6.07, 6.45) is 2.60. The number of nitrogens with zero attached hydrogens (tertiary/aromatic N) is 1. The van der Waals surface area contributed by atoms with Gasteiger partial charge in [-0.25, -0.2) is 0 Å². The molecule has 1 aromatic heterocycles. The third kappa shape index (κ3) is 4.70. The minimum atomic E-state index is -0.136. The predicted molar refractivity (Wildman–Crippen MR) is 141 cm³/mol. The van der Waals surface area contributed by atoms with Gasteiger partial charge in [0, 0.05) is 45.5 Å². The summed E-state index contributed by atoms with van der Waals surface area (Å²) >= 11 is 1.42. The summed E-state index contributed by atoms with van der Waals surface area (Å²) in [5.74, 6) is 0.851. The van der Waals surface area contributed by atoms with E-state index in [0.29, 0.717) is 36.4 Å². The Morgan fingerprint density at radius 1 is 1.03 bits per heavy atom. The lowest BCUT2D eigenvalue weighted by Crippen LogP contribution is -2.30. The van der Waals surface area contributed by atoms with E-state index in [9.17, 15) is 19.8 Å². The molecule has 1 amide bonds. The first-order valence-corrected chi connectivity index (χ1v) is 12.5. The molecule has 3 aromatic carbocycles. The quantitative estimate of drug-likeness (QED) is 0.249. The number of likely N-dealkylation sites (tertiary alicyclic amines) is 1. The van der Waals surface area contributed by atoms with Crippen LogP contribution in [0.25, 0.3) is 20.5 Å². The zero-order valence-electron chi connectivity index (χ0n) is 19.5. The highest BCUT2D eigenvalue weighted by Crippen LogP contribution is 2.41. The number of benzene rings is 3. The number of fused-ring (bicyclic) bond motifs is 1. The van der Waals surface area contributed by atoms with E-state index >= 15 is 0 Å². The second-order valence-electron chi connectivity index (χ2n) is 8.75. The van der Waals surface area contributed by atoms with Crippen LogP contribution in [0.2, 0.25) is 0 Å². The first-order valence-electron chi connectivity index (χ1n) is 11.7. The van der Waals surface area contributed by atoms with Crippen LogP contribution in [0.4, 0.5) is 0 Å². The number of rotatable bonds is 7. The molecule has 0 spiro atoms. The average molecular weight is 500 g/mol. The van der Waals surface area contributed by atoms with Gasteiger partial charge < -0.3 is 19.8 Å². The number of phenolic OH excluding ortho intramolecular Hbond substituents is 2. The minimum absolute atomic E-state index is 0.0535. The van der Waals surface area contributed by atoms with Crippen LogP contribution in [0.3, 0.4) is 0 Å². The molecule has 0 radical (unpaired) electrons. The summed E-state index contributed by atoms with van der Waals surface area (Å²) in [5.41, 5.74) is 1.89. The Morgan fingerprint density at radius 2 is 1.75 bits per heavy atom. The molecule has 1 saturated heterocycles. The molecule has 2 heterocycles. The Kier molecular flexibility index (Phi) is 6.48. The van der Waals surface area contributed by atoms with Crippen LogP contribution in [0.1, 0.15) is 28.8 Å². The third-order valence-electron chi connectivity index (χ3n) is 6.27. The SMILES string of the molecule is C=CCC(=O)N1CC[C@@H](Oc2ccc(C(=O)c3c(-c4ccc(O)cc4)sc4cc(O)ccc34)cc2)C1. The Balaban J connectivity index is 1.40. The molecule has 0 aliphatic carbocycles. The van der Waals surface area contributed by atoms with E-state index in [1.807, 2.05) is 0 Å². The van der Waals surface area contributed by atoms with Gasteiger partial charge in [-0.3, -0.25) is 9.59 Å². The number of carbonyl (C=O) groups excluding carboxylic acids is 2. The van der Waals surface area contributed by atoms with Crippen molar-refractivity contribution in [1.29, 1.82) is 0 Å². The van der Waals surface area contributed by atoms with Crippen LogP contribution in [0.5, 0.6) is 17.2 Å². The number of phenols is 2. The molecule has 4 aromatic rings. The highest BCUT2D eigenvalue weighted by Gasteiger charge is 2.27. The Morgan fingerprint density at radius 3 is 2.47 bits per heavy atom. The molecule has 7 heteroatoms. The van der Waals surface area contributed by atoms with Gasteiger partial charge in [0.05, 0.1) is 6.54 Å². The monoisotopic (exact) mass is 499 g/mol. The van der Waals surface area contributed by atoms with E-state index in [1.165, 1.54) is 11.3 Å². The molecule has 0 saturated carbocycles. The summed E-state index contributed by atoms with van der Waals surface area (Å²) < 4.78 is 6.87. The molecule has 2 N–H and O–H groups in total. The standard InChI is InChI=1S/C29H25NO5S/c1-2-3-26(33)30-15-14-23(17-30)35-22-11-6-18(7-12-22)28(34)27-24-13-10-21(32)16-25(24)36-29(27)19-4-8-20(31)9-5-19/h2,4-13,16,23,31-32H,1,3,14-15,17H2/t23-/m1/s1. The third-order valence-corrected chi connectivity index (χ3v) is 7.47. The van der Waals surface area contributed by atoms with Crippen molar-refractivity contribution >= 4 is 33.1 Å². The lowest BCUT2D eigenvalue weighted by atomic mass is 9.97. The predicted octanol–water partition coefficient (Wildman–Crippen LogP) is 5.77. The Labute approximate surface area is 212 Å². The molecule has 1 atom stereocenters. The maximum Gasteiger partial charge on any atom is 0.226 e. The maximum atomic E-state index is 13.7. The van der Waals surface area contributed by atoms with Crippen LogP contribution in [-0.4, -0.2) is 46.0 Å². The van der Waals surface area contributed by atoms with E-state index in [0.717, 1.165) is 26.9 Å². The van der Waals surface area contributed by atoms with E-state index < -0.39 is 0 Å². The molecule has 1 fully saturated rings. The molecule has 1 aliphatic heterocycles. The van der Waals surface area contributed by atoms with Crippen LogP contribution >= 0.6 is 11.3 Å². The Hall–Kier alpha value is -4.10. The fourth-order valence-electron chi connectivity index (χ4n) is 4.45. The van der Waals surface area contributed by atoms with Gasteiger partial charge in [0.25, 0.3) is 0 Å². The van der Waals surface area contributed by atoms with Crippen molar-refractivity contribution in [3.05, 3.63) is 90.5 Å². The zero-order chi connectivity index (χ0) is 25.2. The first-order chi connectivity index (χ1) is 17.4. The number of amides is 1. The molecule has 1 aliphatic rings. The van der Waals surface area contributed by atoms with Crippen molar-refractivity contribution in [2.45, 2.75) is 18.9 Å². The molecule has 6 nitrogen and oxygen atoms in total. The molecule has 182 valence electrons. The lowest BCUT2D eigenvalue weighted by molar-refractivity contribution is -0.129. The van der Waals surface area contributed by atoms with Gasteiger partial charge in [0.15, 0.2) is 5.78 Å². The molecule has 0 bridgehead atoms. The van der Waals surface area contributed by atoms with Crippen molar-refractivity contribution in [2.24, 2.45) is 0 Å². The summed E-state index contributed by atoms with van der Waals surface area (Å²) in [7, 11) is 0.